The number of para-hydroxylation sites is 1. The summed E-state index contributed by atoms with van der Waals surface area (Å²) in [5.74, 6) is 0.0575. The Morgan fingerprint density at radius 1 is 0.931 bits per heavy atom. The van der Waals surface area contributed by atoms with Crippen LogP contribution >= 0.6 is 0 Å². The number of anilines is 1. The number of carbonyl (C=O) groups excluding carboxylic acids is 1. The Bertz CT molecular complexity index is 1460. The number of hydrogen-bond donors (Lipinski definition) is 2. The minimum atomic E-state index is -0.443. The molecule has 5 aromatic rings. The summed E-state index contributed by atoms with van der Waals surface area (Å²) in [6, 6.07) is 20.0. The van der Waals surface area contributed by atoms with E-state index >= 15 is 0 Å². The highest BCUT2D eigenvalue weighted by Gasteiger charge is 2.16. The van der Waals surface area contributed by atoms with Gasteiger partial charge >= 0.3 is 0 Å². The molecule has 2 heterocycles. The van der Waals surface area contributed by atoms with Gasteiger partial charge in [0, 0.05) is 22.2 Å². The second kappa shape index (κ2) is 6.53. The minimum Gasteiger partial charge on any atom is -0.495 e. The van der Waals surface area contributed by atoms with Gasteiger partial charge in [-0.05, 0) is 29.7 Å². The van der Waals surface area contributed by atoms with E-state index in [1.807, 2.05) is 36.4 Å². The average molecular weight is 384 g/mol. The van der Waals surface area contributed by atoms with Crippen molar-refractivity contribution in [1.82, 2.24) is 4.98 Å². The number of aromatic nitrogens is 1. The molecule has 2 N–H and O–H groups in total. The molecule has 0 saturated carbocycles. The molecule has 5 rings (SSSR count). The zero-order chi connectivity index (χ0) is 20.0. The molecule has 0 bridgehead atoms. The van der Waals surface area contributed by atoms with E-state index in [4.69, 9.17) is 9.15 Å². The maximum Gasteiger partial charge on any atom is 0.272 e. The third-order valence-electron chi connectivity index (χ3n) is 4.95. The van der Waals surface area contributed by atoms with Crippen LogP contribution < -0.4 is 15.6 Å². The fraction of sp³-hybridized carbons (Fsp3) is 0.0435. The van der Waals surface area contributed by atoms with Crippen LogP contribution in [0.5, 0.6) is 5.75 Å². The van der Waals surface area contributed by atoms with Crippen molar-refractivity contribution in [3.8, 4) is 5.75 Å². The van der Waals surface area contributed by atoms with E-state index in [0.29, 0.717) is 27.8 Å². The molecule has 6 nitrogen and oxygen atoms in total. The summed E-state index contributed by atoms with van der Waals surface area (Å²) < 4.78 is 11.4. The second-order valence-electron chi connectivity index (χ2n) is 6.70. The number of furan rings is 1. The zero-order valence-corrected chi connectivity index (χ0v) is 15.5. The Balaban J connectivity index is 1.58. The van der Waals surface area contributed by atoms with Gasteiger partial charge in [-0.1, -0.05) is 36.4 Å². The normalized spacial score (nSPS) is 11.2. The van der Waals surface area contributed by atoms with Crippen molar-refractivity contribution in [2.45, 2.75) is 0 Å². The van der Waals surface area contributed by atoms with Crippen LogP contribution in [0, 0.1) is 0 Å². The molecule has 0 atom stereocenters. The number of aromatic amines is 1. The Hall–Kier alpha value is -4.06. The molecule has 1 amide bonds. The Morgan fingerprint density at radius 2 is 1.69 bits per heavy atom. The first-order chi connectivity index (χ1) is 14.1. The van der Waals surface area contributed by atoms with Crippen LogP contribution in [0.15, 0.2) is 75.9 Å². The van der Waals surface area contributed by atoms with Crippen molar-refractivity contribution in [2.24, 2.45) is 0 Å². The maximum absolute atomic E-state index is 12.8. The van der Waals surface area contributed by atoms with Crippen molar-refractivity contribution in [3.05, 3.63) is 82.8 Å². The van der Waals surface area contributed by atoms with E-state index in [2.05, 4.69) is 10.3 Å². The average Bonchev–Trinajstić information content (AvgIpc) is 3.10. The summed E-state index contributed by atoms with van der Waals surface area (Å²) in [4.78, 5) is 27.7. The third-order valence-corrected chi connectivity index (χ3v) is 4.95. The molecule has 6 heteroatoms. The molecule has 0 spiro atoms. The van der Waals surface area contributed by atoms with E-state index < -0.39 is 5.91 Å². The highest BCUT2D eigenvalue weighted by atomic mass is 16.5. The summed E-state index contributed by atoms with van der Waals surface area (Å²) in [6.07, 6.45) is 0. The Morgan fingerprint density at radius 3 is 2.52 bits per heavy atom. The summed E-state index contributed by atoms with van der Waals surface area (Å²) in [7, 11) is 1.54. The van der Waals surface area contributed by atoms with Gasteiger partial charge in [-0.15, -0.1) is 0 Å². The van der Waals surface area contributed by atoms with Gasteiger partial charge in [-0.3, -0.25) is 9.59 Å². The number of carbonyl (C=O) groups is 1. The van der Waals surface area contributed by atoms with E-state index in [-0.39, 0.29) is 11.3 Å². The smallest absolute Gasteiger partial charge is 0.272 e. The number of benzene rings is 3. The number of ether oxygens (including phenoxy) is 1. The van der Waals surface area contributed by atoms with Gasteiger partial charge in [0.1, 0.15) is 22.6 Å². The highest BCUT2D eigenvalue weighted by Crippen LogP contribution is 2.36. The maximum atomic E-state index is 12.8. The molecular weight excluding hydrogens is 368 g/mol. The standard InChI is InChI=1S/C23H16N2O4/c1-28-21-11-16-15-8-4-5-9-19(15)29-20(16)12-17(21)24-23(27)18-10-13-6-2-3-7-14(13)22(26)25-18/h2-12H,1H3,(H,24,27)(H,25,26). The Kier molecular flexibility index (Phi) is 3.84. The molecule has 3 aromatic carbocycles. The van der Waals surface area contributed by atoms with Crippen molar-refractivity contribution >= 4 is 44.3 Å². The minimum absolute atomic E-state index is 0.167. The topological polar surface area (TPSA) is 84.3 Å². The van der Waals surface area contributed by atoms with Crippen LogP contribution in [0.2, 0.25) is 0 Å². The number of nitrogens with one attached hydrogen (secondary N) is 2. The van der Waals surface area contributed by atoms with Crippen molar-refractivity contribution in [2.75, 3.05) is 12.4 Å². The molecule has 0 aliphatic carbocycles. The van der Waals surface area contributed by atoms with Crippen LogP contribution in [0.4, 0.5) is 5.69 Å². The quantitative estimate of drug-likeness (QED) is 0.473. The fourth-order valence-corrected chi connectivity index (χ4v) is 3.54. The van der Waals surface area contributed by atoms with Crippen molar-refractivity contribution < 1.29 is 13.9 Å². The predicted octanol–water partition coefficient (Wildman–Crippen LogP) is 4.69. The lowest BCUT2D eigenvalue weighted by Gasteiger charge is -2.10. The van der Waals surface area contributed by atoms with Crippen LogP contribution in [0.1, 0.15) is 10.5 Å². The first-order valence-electron chi connectivity index (χ1n) is 9.07. The number of hydrogen-bond acceptors (Lipinski definition) is 4. The van der Waals surface area contributed by atoms with Gasteiger partial charge in [0.25, 0.3) is 11.5 Å². The predicted molar refractivity (Wildman–Crippen MR) is 113 cm³/mol. The summed E-state index contributed by atoms with van der Waals surface area (Å²) in [5.41, 5.74) is 1.70. The molecule has 29 heavy (non-hydrogen) atoms. The number of fused-ring (bicyclic) bond motifs is 4. The van der Waals surface area contributed by atoms with Crippen molar-refractivity contribution in [1.29, 1.82) is 0 Å². The van der Waals surface area contributed by atoms with E-state index in [1.54, 1.807) is 30.3 Å². The molecule has 0 radical (unpaired) electrons. The SMILES string of the molecule is COc1cc2c(cc1NC(=O)c1cc3ccccc3c(=O)[nH]1)oc1ccccc12. The Labute approximate surface area is 164 Å². The third kappa shape index (κ3) is 2.82. The summed E-state index contributed by atoms with van der Waals surface area (Å²) >= 11 is 0. The van der Waals surface area contributed by atoms with Crippen LogP contribution in [0.3, 0.4) is 0 Å². The summed E-state index contributed by atoms with van der Waals surface area (Å²) in [5, 5.41) is 5.91. The van der Waals surface area contributed by atoms with E-state index in [0.717, 1.165) is 16.4 Å². The van der Waals surface area contributed by atoms with E-state index in [9.17, 15) is 9.59 Å². The second-order valence-corrected chi connectivity index (χ2v) is 6.70. The number of H-pyrrole nitrogens is 1. The van der Waals surface area contributed by atoms with Crippen molar-refractivity contribution in [3.63, 3.8) is 0 Å². The van der Waals surface area contributed by atoms with Crippen LogP contribution in [-0.2, 0) is 0 Å². The number of methoxy groups -OCH3 is 1. The summed E-state index contributed by atoms with van der Waals surface area (Å²) in [6.45, 7) is 0. The lowest BCUT2D eigenvalue weighted by Crippen LogP contribution is -2.19. The number of amides is 1. The highest BCUT2D eigenvalue weighted by molar-refractivity contribution is 6.10. The largest absolute Gasteiger partial charge is 0.495 e. The molecule has 0 aliphatic rings. The first-order valence-corrected chi connectivity index (χ1v) is 9.07. The molecule has 0 saturated heterocycles. The first kappa shape index (κ1) is 17.1. The van der Waals surface area contributed by atoms with Gasteiger partial charge in [0.05, 0.1) is 12.8 Å². The van der Waals surface area contributed by atoms with Gasteiger partial charge in [-0.25, -0.2) is 0 Å². The zero-order valence-electron chi connectivity index (χ0n) is 15.5. The molecule has 0 fully saturated rings. The van der Waals surface area contributed by atoms with Gasteiger partial charge in [0.15, 0.2) is 0 Å². The lowest BCUT2D eigenvalue weighted by atomic mass is 10.1. The molecule has 2 aromatic heterocycles. The molecule has 0 aliphatic heterocycles. The number of rotatable bonds is 3. The molecular formula is C23H16N2O4. The lowest BCUT2D eigenvalue weighted by molar-refractivity contribution is 0.102. The van der Waals surface area contributed by atoms with Gasteiger partial charge in [0.2, 0.25) is 0 Å². The van der Waals surface area contributed by atoms with Gasteiger partial charge < -0.3 is 19.5 Å². The van der Waals surface area contributed by atoms with Gasteiger partial charge in [-0.2, -0.15) is 0 Å². The van der Waals surface area contributed by atoms with E-state index in [1.165, 1.54) is 7.11 Å². The fourth-order valence-electron chi connectivity index (χ4n) is 3.54. The number of pyridine rings is 1. The molecule has 0 unspecified atom stereocenters. The van der Waals surface area contributed by atoms with Crippen LogP contribution in [0.25, 0.3) is 32.7 Å². The van der Waals surface area contributed by atoms with Crippen LogP contribution in [-0.4, -0.2) is 18.0 Å². The molecule has 142 valence electrons. The monoisotopic (exact) mass is 384 g/mol.